The largest absolute Gasteiger partial charge is 0.524 e. The minimum atomic E-state index is -4.98. The highest BCUT2D eigenvalue weighted by molar-refractivity contribution is 7.47. The fraction of sp³-hybridized carbons (Fsp3) is 0.217. The van der Waals surface area contributed by atoms with Gasteiger partial charge < -0.3 is 28.3 Å². The van der Waals surface area contributed by atoms with Gasteiger partial charge in [0.2, 0.25) is 0 Å². The summed E-state index contributed by atoms with van der Waals surface area (Å²) < 4.78 is 45.8. The zero-order chi connectivity index (χ0) is 47.6. The Kier molecular flexibility index (Phi) is 14.1. The number of hydrogen-bond acceptors (Lipinski definition) is 10. The second-order valence-electron chi connectivity index (χ2n) is 15.6. The third-order valence-corrected chi connectivity index (χ3v) is 12.9. The summed E-state index contributed by atoms with van der Waals surface area (Å²) in [6.07, 6.45) is 8.11. The Morgan fingerprint density at radius 3 is 1.63 bits per heavy atom. The molecule has 3 heterocycles. The summed E-state index contributed by atoms with van der Waals surface area (Å²) in [7, 11) is -9.95. The monoisotopic (exact) mass is 991 g/mol. The molecule has 0 aromatic heterocycles. The third kappa shape index (κ3) is 10.5. The van der Waals surface area contributed by atoms with Gasteiger partial charge in [0, 0.05) is 89.5 Å². The van der Waals surface area contributed by atoms with E-state index in [0.717, 1.165) is 16.0 Å². The van der Waals surface area contributed by atoms with Crippen molar-refractivity contribution in [3.63, 3.8) is 0 Å². The molecule has 0 bridgehead atoms. The fourth-order valence-electron chi connectivity index (χ4n) is 8.45. The molecule has 0 radical (unpaired) electrons. The van der Waals surface area contributed by atoms with E-state index in [4.69, 9.17) is 41.7 Å². The predicted octanol–water partition coefficient (Wildman–Crippen LogP) is 7.02. The van der Waals surface area contributed by atoms with Crippen LogP contribution in [-0.4, -0.2) is 99.3 Å². The zero-order valence-electron chi connectivity index (χ0n) is 35.1. The van der Waals surface area contributed by atoms with Gasteiger partial charge in [0.25, 0.3) is 23.6 Å². The molecule has 0 saturated heterocycles. The van der Waals surface area contributed by atoms with E-state index in [-0.39, 0.29) is 74.5 Å². The van der Waals surface area contributed by atoms with Crippen LogP contribution in [0.25, 0.3) is 33.7 Å². The van der Waals surface area contributed by atoms with Crippen LogP contribution in [-0.2, 0) is 33.0 Å². The number of anilines is 2. The minimum Gasteiger partial charge on any atom is -0.491 e. The number of phosphoric ester groups is 2. The highest BCUT2D eigenvalue weighted by atomic mass is 35.5. The maximum atomic E-state index is 14.0. The summed E-state index contributed by atoms with van der Waals surface area (Å²) in [4.78, 5) is 94.5. The lowest BCUT2D eigenvalue weighted by molar-refractivity contribution is -0.137. The molecule has 5 aromatic rings. The first-order chi connectivity index (χ1) is 32.0. The molecular weight excluding hydrogens is 951 g/mol. The Morgan fingerprint density at radius 2 is 1.13 bits per heavy atom. The lowest BCUT2D eigenvalue weighted by Crippen LogP contribution is -2.33. The summed E-state index contributed by atoms with van der Waals surface area (Å²) in [5, 5.41) is 2.16. The van der Waals surface area contributed by atoms with Crippen LogP contribution in [0, 0.1) is 0 Å². The van der Waals surface area contributed by atoms with Crippen molar-refractivity contribution in [1.29, 1.82) is 0 Å². The standard InChI is InChI=1S/C46H41Cl2N3O14P2/c47-24-30-26-50(36-22-39(64-66(56,57)58)32-5-1-3-7-34(32)45(30)36)43(54)13-10-28-9-11-29(38(21-28)63-20-19-62-18-17-49-41(52)15-16-42(49)53)12-14-44(55)51-27-31(25-48)46-35-8-4-2-6-33(35)40(23-37(46)51)65-67(59,60)61/h1-16,21-23,30-31H,17-20,24-27H2,(H2,56,57,58)(H2,59,60,61)/t30-,31-/m1/s1. The molecule has 2 atom stereocenters. The Balaban J connectivity index is 1.05. The van der Waals surface area contributed by atoms with Gasteiger partial charge in [-0.05, 0) is 45.7 Å². The van der Waals surface area contributed by atoms with E-state index in [1.165, 1.54) is 52.3 Å². The van der Waals surface area contributed by atoms with E-state index in [9.17, 15) is 47.9 Å². The second-order valence-corrected chi connectivity index (χ2v) is 18.5. The van der Waals surface area contributed by atoms with Crippen molar-refractivity contribution >= 4 is 108 Å². The number of imide groups is 1. The van der Waals surface area contributed by atoms with Crippen LogP contribution in [0.2, 0.25) is 0 Å². The molecule has 0 aliphatic carbocycles. The molecule has 0 saturated carbocycles. The van der Waals surface area contributed by atoms with Gasteiger partial charge in [-0.1, -0.05) is 60.7 Å². The maximum absolute atomic E-state index is 14.0. The SMILES string of the molecule is O=C1C=CC(=O)N1CCOCCOc1cc(C=CC(=O)N2C[C@@H](CCl)c3c2cc(OP(=O)(O)O)c2ccccc32)ccc1C=CC(=O)N1C[C@@H](CCl)c2c1cc(OP(=O)(O)O)c1ccccc21. The topological polar surface area (TPSA) is 230 Å². The molecule has 0 spiro atoms. The zero-order valence-corrected chi connectivity index (χ0v) is 38.4. The number of amides is 4. The summed E-state index contributed by atoms with van der Waals surface area (Å²) in [5.74, 6) is -1.98. The van der Waals surface area contributed by atoms with E-state index in [1.54, 1.807) is 72.8 Å². The highest BCUT2D eigenvalue weighted by Crippen LogP contribution is 2.51. The number of alkyl halides is 2. The smallest absolute Gasteiger partial charge is 0.491 e. The van der Waals surface area contributed by atoms with Crippen LogP contribution in [0.3, 0.4) is 0 Å². The molecule has 67 heavy (non-hydrogen) atoms. The van der Waals surface area contributed by atoms with Crippen LogP contribution >= 0.6 is 38.8 Å². The number of halogens is 2. The first-order valence-electron chi connectivity index (χ1n) is 20.6. The van der Waals surface area contributed by atoms with Gasteiger partial charge >= 0.3 is 15.6 Å². The summed E-state index contributed by atoms with van der Waals surface area (Å²) >= 11 is 12.8. The summed E-state index contributed by atoms with van der Waals surface area (Å²) in [6, 6.07) is 21.7. The molecule has 348 valence electrons. The molecule has 4 N–H and O–H groups in total. The Hall–Kier alpha value is -5.84. The van der Waals surface area contributed by atoms with Crippen molar-refractivity contribution in [2.75, 3.05) is 61.0 Å². The van der Waals surface area contributed by atoms with Gasteiger partial charge in [-0.2, -0.15) is 0 Å². The first-order valence-corrected chi connectivity index (χ1v) is 24.8. The van der Waals surface area contributed by atoms with Gasteiger partial charge in [0.15, 0.2) is 0 Å². The van der Waals surface area contributed by atoms with Crippen molar-refractivity contribution in [3.05, 3.63) is 125 Å². The Labute approximate surface area is 392 Å². The van der Waals surface area contributed by atoms with Crippen molar-refractivity contribution in [1.82, 2.24) is 4.90 Å². The van der Waals surface area contributed by atoms with Crippen molar-refractivity contribution in [2.45, 2.75) is 11.8 Å². The van der Waals surface area contributed by atoms with E-state index < -0.39 is 39.3 Å². The van der Waals surface area contributed by atoms with Crippen molar-refractivity contribution < 1.29 is 66.4 Å². The minimum absolute atomic E-state index is 0.00466. The molecule has 17 nitrogen and oxygen atoms in total. The quantitative estimate of drug-likeness (QED) is 0.0241. The molecule has 5 aromatic carbocycles. The molecule has 0 unspecified atom stereocenters. The van der Waals surface area contributed by atoms with Gasteiger partial charge in [-0.3, -0.25) is 43.7 Å². The molecule has 8 rings (SSSR count). The molecule has 4 amide bonds. The molecule has 0 fully saturated rings. The van der Waals surface area contributed by atoms with Crippen LogP contribution in [0.15, 0.2) is 103 Å². The molecule has 21 heteroatoms. The average Bonchev–Trinajstić information content (AvgIpc) is 3.97. The Morgan fingerprint density at radius 1 is 0.642 bits per heavy atom. The summed E-state index contributed by atoms with van der Waals surface area (Å²) in [6.45, 7) is 0.526. The van der Waals surface area contributed by atoms with Gasteiger partial charge in [-0.25, -0.2) is 9.13 Å². The number of benzene rings is 5. The lowest BCUT2D eigenvalue weighted by atomic mass is 9.95. The summed E-state index contributed by atoms with van der Waals surface area (Å²) in [5.41, 5.74) is 3.22. The van der Waals surface area contributed by atoms with Gasteiger partial charge in [0.05, 0.1) is 31.1 Å². The van der Waals surface area contributed by atoms with E-state index in [1.807, 2.05) is 0 Å². The molecular formula is C46H41Cl2N3O14P2. The van der Waals surface area contributed by atoms with E-state index in [2.05, 4.69) is 0 Å². The highest BCUT2D eigenvalue weighted by Gasteiger charge is 2.36. The van der Waals surface area contributed by atoms with Crippen molar-refractivity contribution in [2.24, 2.45) is 0 Å². The predicted molar refractivity (Wildman–Crippen MR) is 252 cm³/mol. The Bertz CT molecular complexity index is 2990. The number of ether oxygens (including phenoxy) is 2. The number of carbonyl (C=O) groups is 4. The van der Waals surface area contributed by atoms with Crippen LogP contribution in [0.4, 0.5) is 11.4 Å². The molecule has 3 aliphatic rings. The van der Waals surface area contributed by atoms with Gasteiger partial charge in [0.1, 0.15) is 23.9 Å². The van der Waals surface area contributed by atoms with E-state index >= 15 is 0 Å². The number of rotatable bonds is 17. The van der Waals surface area contributed by atoms with E-state index in [0.29, 0.717) is 49.8 Å². The third-order valence-electron chi connectivity index (χ3n) is 11.3. The normalized spacial score (nSPS) is 17.1. The number of fused-ring (bicyclic) bond motifs is 6. The molecule has 3 aliphatic heterocycles. The lowest BCUT2D eigenvalue weighted by Gasteiger charge is -2.18. The van der Waals surface area contributed by atoms with Crippen molar-refractivity contribution in [3.8, 4) is 17.2 Å². The second kappa shape index (κ2) is 19.8. The first kappa shape index (κ1) is 47.6. The average molecular weight is 993 g/mol. The van der Waals surface area contributed by atoms with Crippen LogP contribution in [0.1, 0.15) is 34.1 Å². The fourth-order valence-corrected chi connectivity index (χ4v) is 9.77. The van der Waals surface area contributed by atoms with Crippen LogP contribution in [0.5, 0.6) is 17.2 Å². The van der Waals surface area contributed by atoms with Crippen LogP contribution < -0.4 is 23.6 Å². The maximum Gasteiger partial charge on any atom is 0.524 e. The number of hydrogen-bond donors (Lipinski definition) is 4. The number of phosphoric acid groups is 2. The number of carbonyl (C=O) groups excluding carboxylic acids is 4. The number of nitrogens with zero attached hydrogens (tertiary/aromatic N) is 3. The van der Waals surface area contributed by atoms with Gasteiger partial charge in [-0.15, -0.1) is 23.2 Å².